The summed E-state index contributed by atoms with van der Waals surface area (Å²) in [5.41, 5.74) is 2.00. The van der Waals surface area contributed by atoms with Crippen molar-refractivity contribution in [2.75, 3.05) is 0 Å². The van der Waals surface area contributed by atoms with Crippen molar-refractivity contribution < 1.29 is 14.3 Å². The molecule has 1 heterocycles. The highest BCUT2D eigenvalue weighted by atomic mass is 35.5. The largest absolute Gasteiger partial charge is 0.386 e. The van der Waals surface area contributed by atoms with Gasteiger partial charge >= 0.3 is 11.9 Å². The quantitative estimate of drug-likeness (QED) is 0.385. The van der Waals surface area contributed by atoms with Crippen LogP contribution in [0.4, 0.5) is 0 Å². The Kier molecular flexibility index (Phi) is 2.20. The Hall–Kier alpha value is -1.13. The number of cyclic esters (lactones) is 2. The van der Waals surface area contributed by atoms with Crippen LogP contribution >= 0.6 is 11.6 Å². The van der Waals surface area contributed by atoms with E-state index in [2.05, 4.69) is 15.0 Å². The van der Waals surface area contributed by atoms with Gasteiger partial charge in [-0.2, -0.15) is 0 Å². The molecule has 0 saturated carbocycles. The Bertz CT molecular complexity index is 463. The van der Waals surface area contributed by atoms with Gasteiger partial charge in [0.05, 0.1) is 21.4 Å². The van der Waals surface area contributed by atoms with Crippen molar-refractivity contribution in [3.05, 3.63) is 27.3 Å². The van der Waals surface area contributed by atoms with Gasteiger partial charge in [-0.3, -0.25) is 0 Å². The molecule has 0 amide bonds. The number of carbonyl (C=O) groups is 2. The first kappa shape index (κ1) is 10.4. The highest BCUT2D eigenvalue weighted by Crippen LogP contribution is 2.28. The molecule has 0 bridgehead atoms. The van der Waals surface area contributed by atoms with E-state index in [1.165, 1.54) is 0 Å². The van der Waals surface area contributed by atoms with Gasteiger partial charge in [-0.05, 0) is 30.2 Å². The minimum absolute atomic E-state index is 0.227. The zero-order valence-corrected chi connectivity index (χ0v) is 9.86. The fourth-order valence-electron chi connectivity index (χ4n) is 1.61. The molecule has 1 aliphatic heterocycles. The predicted octanol–water partition coefficient (Wildman–Crippen LogP) is 1.06. The molecule has 1 aromatic rings. The molecule has 0 N–H and O–H groups in total. The van der Waals surface area contributed by atoms with Crippen molar-refractivity contribution in [3.63, 3.8) is 0 Å². The second kappa shape index (κ2) is 3.18. The molecule has 0 aliphatic carbocycles. The van der Waals surface area contributed by atoms with Crippen LogP contribution in [0.25, 0.3) is 0 Å². The number of rotatable bonds is 0. The van der Waals surface area contributed by atoms with Crippen LogP contribution in [0.3, 0.4) is 0 Å². The van der Waals surface area contributed by atoms with Crippen LogP contribution in [-0.4, -0.2) is 22.2 Å². The van der Waals surface area contributed by atoms with Crippen molar-refractivity contribution >= 4 is 39.0 Å². The summed E-state index contributed by atoms with van der Waals surface area (Å²) in [4.78, 5) is 22.8. The van der Waals surface area contributed by atoms with Gasteiger partial charge in [-0.1, -0.05) is 11.6 Å². The van der Waals surface area contributed by atoms with E-state index in [1.54, 1.807) is 13.8 Å². The maximum atomic E-state index is 11.4. The van der Waals surface area contributed by atoms with Gasteiger partial charge in [0, 0.05) is 5.02 Å². The molecular weight excluding hydrogens is 232 g/mol. The van der Waals surface area contributed by atoms with Crippen LogP contribution in [0.5, 0.6) is 0 Å². The monoisotopic (exact) mass is 237 g/mol. The lowest BCUT2D eigenvalue weighted by atomic mass is 9.99. The highest BCUT2D eigenvalue weighted by molar-refractivity contribution is 6.49. The van der Waals surface area contributed by atoms with Gasteiger partial charge in [0.15, 0.2) is 0 Å². The molecular formula is C10H6ClO3Si. The number of esters is 2. The van der Waals surface area contributed by atoms with Crippen molar-refractivity contribution in [2.24, 2.45) is 0 Å². The standard InChI is InChI=1S/C10H6ClO3Si/c1-3-4(2)7(11)8(15)6-5(3)9(12)14-10(6)13/h1-2H3. The van der Waals surface area contributed by atoms with Crippen LogP contribution in [0.15, 0.2) is 0 Å². The van der Waals surface area contributed by atoms with Crippen LogP contribution in [-0.2, 0) is 4.74 Å². The SMILES string of the molecule is Cc1c(C)c2c(c([Si])c1Cl)C(=O)OC2=O. The molecule has 15 heavy (non-hydrogen) atoms. The van der Waals surface area contributed by atoms with E-state index < -0.39 is 11.9 Å². The fourth-order valence-corrected chi connectivity index (χ4v) is 2.26. The minimum Gasteiger partial charge on any atom is -0.386 e. The number of hydrogen-bond donors (Lipinski definition) is 0. The second-order valence-corrected chi connectivity index (χ2v) is 4.24. The summed E-state index contributed by atoms with van der Waals surface area (Å²) in [5.74, 6) is -1.25. The van der Waals surface area contributed by atoms with Gasteiger partial charge in [0.25, 0.3) is 0 Å². The van der Waals surface area contributed by atoms with Gasteiger partial charge in [0.2, 0.25) is 0 Å². The molecule has 0 saturated heterocycles. The summed E-state index contributed by atoms with van der Waals surface area (Å²) < 4.78 is 4.54. The molecule has 3 radical (unpaired) electrons. The lowest BCUT2D eigenvalue weighted by Crippen LogP contribution is -2.18. The Morgan fingerprint density at radius 3 is 2.20 bits per heavy atom. The number of ether oxygens (including phenoxy) is 1. The van der Waals surface area contributed by atoms with Crippen LogP contribution in [0.1, 0.15) is 31.8 Å². The average Bonchev–Trinajstić information content (AvgIpc) is 2.47. The topological polar surface area (TPSA) is 43.4 Å². The molecule has 0 atom stereocenters. The summed E-state index contributed by atoms with van der Waals surface area (Å²) in [7, 11) is 3.25. The molecule has 0 aromatic heterocycles. The molecule has 0 unspecified atom stereocenters. The fraction of sp³-hybridized carbons (Fsp3) is 0.200. The van der Waals surface area contributed by atoms with Gasteiger partial charge in [-0.25, -0.2) is 9.59 Å². The average molecular weight is 238 g/mol. The zero-order chi connectivity index (χ0) is 11.3. The number of fused-ring (bicyclic) bond motifs is 1. The van der Waals surface area contributed by atoms with Crippen molar-refractivity contribution in [2.45, 2.75) is 13.8 Å². The van der Waals surface area contributed by atoms with Crippen LogP contribution in [0.2, 0.25) is 5.02 Å². The Labute approximate surface area is 94.8 Å². The molecule has 5 heteroatoms. The van der Waals surface area contributed by atoms with Gasteiger partial charge in [-0.15, -0.1) is 0 Å². The van der Waals surface area contributed by atoms with Crippen LogP contribution < -0.4 is 5.19 Å². The summed E-state index contributed by atoms with van der Waals surface area (Å²) in [6, 6.07) is 0. The van der Waals surface area contributed by atoms with E-state index in [0.717, 1.165) is 5.56 Å². The third-order valence-corrected chi connectivity index (χ3v) is 3.71. The van der Waals surface area contributed by atoms with Crippen LogP contribution in [0, 0.1) is 13.8 Å². The third-order valence-electron chi connectivity index (χ3n) is 2.58. The lowest BCUT2D eigenvalue weighted by Gasteiger charge is -2.09. The Balaban J connectivity index is 2.92. The van der Waals surface area contributed by atoms with E-state index in [-0.39, 0.29) is 5.56 Å². The molecule has 2 rings (SSSR count). The maximum Gasteiger partial charge on any atom is 0.347 e. The van der Waals surface area contributed by atoms with Gasteiger partial charge in [0.1, 0.15) is 0 Å². The Morgan fingerprint density at radius 1 is 1.07 bits per heavy atom. The minimum atomic E-state index is -0.648. The number of carbonyl (C=O) groups excluding carboxylic acids is 2. The third kappa shape index (κ3) is 1.25. The number of halogens is 1. The highest BCUT2D eigenvalue weighted by Gasteiger charge is 2.34. The number of hydrogen-bond acceptors (Lipinski definition) is 3. The van der Waals surface area contributed by atoms with Crippen molar-refractivity contribution in [1.82, 2.24) is 0 Å². The Morgan fingerprint density at radius 2 is 1.60 bits per heavy atom. The smallest absolute Gasteiger partial charge is 0.347 e. The molecule has 0 fully saturated rings. The zero-order valence-electron chi connectivity index (χ0n) is 8.10. The maximum absolute atomic E-state index is 11.4. The molecule has 1 aromatic carbocycles. The normalized spacial score (nSPS) is 14.1. The lowest BCUT2D eigenvalue weighted by molar-refractivity contribution is 0.0444. The van der Waals surface area contributed by atoms with E-state index in [1.807, 2.05) is 0 Å². The van der Waals surface area contributed by atoms with Crippen molar-refractivity contribution in [3.8, 4) is 0 Å². The first-order valence-electron chi connectivity index (χ1n) is 4.26. The predicted molar refractivity (Wildman–Crippen MR) is 56.1 cm³/mol. The first-order valence-corrected chi connectivity index (χ1v) is 5.13. The summed E-state index contributed by atoms with van der Waals surface area (Å²) >= 11 is 6.01. The van der Waals surface area contributed by atoms with E-state index >= 15 is 0 Å². The molecule has 3 nitrogen and oxygen atoms in total. The number of benzene rings is 1. The molecule has 1 aliphatic rings. The molecule has 0 spiro atoms. The summed E-state index contributed by atoms with van der Waals surface area (Å²) in [5, 5.41) is 0.861. The second-order valence-electron chi connectivity index (χ2n) is 3.37. The summed E-state index contributed by atoms with van der Waals surface area (Å²) in [6.45, 7) is 3.53. The first-order chi connectivity index (χ1) is 6.95. The van der Waals surface area contributed by atoms with Gasteiger partial charge < -0.3 is 4.74 Å². The van der Waals surface area contributed by atoms with Crippen molar-refractivity contribution in [1.29, 1.82) is 0 Å². The van der Waals surface area contributed by atoms with E-state index in [9.17, 15) is 9.59 Å². The molecule has 75 valence electrons. The van der Waals surface area contributed by atoms with E-state index in [4.69, 9.17) is 11.6 Å². The summed E-state index contributed by atoms with van der Waals surface area (Å²) in [6.07, 6.45) is 0. The van der Waals surface area contributed by atoms with E-state index in [0.29, 0.717) is 21.3 Å².